The summed E-state index contributed by atoms with van der Waals surface area (Å²) >= 11 is 0. The number of nitrogens with zero attached hydrogens (tertiary/aromatic N) is 1. The third-order valence-corrected chi connectivity index (χ3v) is 2.61. The second-order valence-corrected chi connectivity index (χ2v) is 4.61. The van der Waals surface area contributed by atoms with E-state index in [1.54, 1.807) is 6.92 Å². The summed E-state index contributed by atoms with van der Waals surface area (Å²) in [6.07, 6.45) is 1.67. The minimum Gasteiger partial charge on any atom is -0.381 e. The van der Waals surface area contributed by atoms with Gasteiger partial charge in [-0.25, -0.2) is 0 Å². The standard InChI is InChI=1S/C11H20N2O2/c1-9(5-11(2,13)8-12)15-7-10-3-4-14-6-10/h9-10H,3-7,13H2,1-2H3. The predicted octanol–water partition coefficient (Wildman–Crippen LogP) is 1.06. The van der Waals surface area contributed by atoms with Crippen molar-refractivity contribution in [3.8, 4) is 6.07 Å². The van der Waals surface area contributed by atoms with E-state index in [4.69, 9.17) is 20.5 Å². The first-order chi connectivity index (χ1) is 7.03. The minimum absolute atomic E-state index is 0.0280. The molecule has 0 aromatic heterocycles. The quantitative estimate of drug-likeness (QED) is 0.740. The molecule has 0 aromatic rings. The van der Waals surface area contributed by atoms with Gasteiger partial charge in [-0.15, -0.1) is 0 Å². The van der Waals surface area contributed by atoms with Crippen LogP contribution in [-0.2, 0) is 9.47 Å². The highest BCUT2D eigenvalue weighted by Gasteiger charge is 2.23. The molecule has 4 nitrogen and oxygen atoms in total. The Kier molecular flexibility index (Phi) is 4.52. The van der Waals surface area contributed by atoms with Crippen LogP contribution in [0.25, 0.3) is 0 Å². The SMILES string of the molecule is CC(CC(C)(N)C#N)OCC1CCOC1. The maximum atomic E-state index is 8.77. The Balaban J connectivity index is 2.18. The van der Waals surface area contributed by atoms with Crippen LogP contribution >= 0.6 is 0 Å². The molecule has 0 spiro atoms. The van der Waals surface area contributed by atoms with E-state index >= 15 is 0 Å². The first kappa shape index (κ1) is 12.4. The van der Waals surface area contributed by atoms with Crippen LogP contribution in [0.15, 0.2) is 0 Å². The zero-order valence-electron chi connectivity index (χ0n) is 9.53. The fraction of sp³-hybridized carbons (Fsp3) is 0.909. The lowest BCUT2D eigenvalue weighted by Crippen LogP contribution is -2.38. The van der Waals surface area contributed by atoms with Gasteiger partial charge in [0.2, 0.25) is 0 Å². The maximum absolute atomic E-state index is 8.77. The molecule has 0 amide bonds. The van der Waals surface area contributed by atoms with E-state index in [2.05, 4.69) is 6.07 Å². The highest BCUT2D eigenvalue weighted by molar-refractivity contribution is 5.01. The molecule has 1 heterocycles. The summed E-state index contributed by atoms with van der Waals surface area (Å²) in [5, 5.41) is 8.77. The van der Waals surface area contributed by atoms with Gasteiger partial charge >= 0.3 is 0 Å². The van der Waals surface area contributed by atoms with Gasteiger partial charge in [-0.2, -0.15) is 5.26 Å². The summed E-state index contributed by atoms with van der Waals surface area (Å²) < 4.78 is 10.9. The largest absolute Gasteiger partial charge is 0.381 e. The molecule has 1 rings (SSSR count). The number of rotatable bonds is 5. The Morgan fingerprint density at radius 3 is 3.00 bits per heavy atom. The van der Waals surface area contributed by atoms with Crippen LogP contribution < -0.4 is 5.73 Å². The van der Waals surface area contributed by atoms with Crippen molar-refractivity contribution in [3.63, 3.8) is 0 Å². The van der Waals surface area contributed by atoms with Gasteiger partial charge in [-0.05, 0) is 20.3 Å². The molecule has 2 N–H and O–H groups in total. The molecule has 0 aromatic carbocycles. The average molecular weight is 212 g/mol. The Hall–Kier alpha value is -0.630. The van der Waals surface area contributed by atoms with E-state index in [1.807, 2.05) is 6.92 Å². The van der Waals surface area contributed by atoms with Crippen LogP contribution in [0.2, 0.25) is 0 Å². The summed E-state index contributed by atoms with van der Waals surface area (Å²) in [5.41, 5.74) is 4.95. The third-order valence-electron chi connectivity index (χ3n) is 2.61. The van der Waals surface area contributed by atoms with E-state index in [0.717, 1.165) is 19.6 Å². The molecule has 0 saturated carbocycles. The Bertz CT molecular complexity index is 229. The van der Waals surface area contributed by atoms with Crippen LogP contribution in [0, 0.1) is 17.2 Å². The van der Waals surface area contributed by atoms with Crippen molar-refractivity contribution in [2.75, 3.05) is 19.8 Å². The van der Waals surface area contributed by atoms with Gasteiger partial charge in [0.25, 0.3) is 0 Å². The van der Waals surface area contributed by atoms with Crippen LogP contribution in [-0.4, -0.2) is 31.5 Å². The summed E-state index contributed by atoms with van der Waals surface area (Å²) in [6.45, 7) is 6.03. The monoisotopic (exact) mass is 212 g/mol. The summed E-state index contributed by atoms with van der Waals surface area (Å²) in [5.74, 6) is 0.513. The van der Waals surface area contributed by atoms with E-state index < -0.39 is 5.54 Å². The fourth-order valence-electron chi connectivity index (χ4n) is 1.72. The van der Waals surface area contributed by atoms with E-state index in [1.165, 1.54) is 0 Å². The highest BCUT2D eigenvalue weighted by atomic mass is 16.5. The number of hydrogen-bond acceptors (Lipinski definition) is 4. The average Bonchev–Trinajstić information content (AvgIpc) is 2.66. The van der Waals surface area contributed by atoms with Crippen molar-refractivity contribution in [1.82, 2.24) is 0 Å². The lowest BCUT2D eigenvalue weighted by atomic mass is 9.98. The first-order valence-electron chi connectivity index (χ1n) is 5.43. The first-order valence-corrected chi connectivity index (χ1v) is 5.43. The Morgan fingerprint density at radius 1 is 1.73 bits per heavy atom. The van der Waals surface area contributed by atoms with Crippen molar-refractivity contribution in [1.29, 1.82) is 5.26 Å². The molecule has 4 heteroatoms. The minimum atomic E-state index is -0.786. The van der Waals surface area contributed by atoms with Crippen LogP contribution in [0.1, 0.15) is 26.7 Å². The van der Waals surface area contributed by atoms with Crippen molar-refractivity contribution < 1.29 is 9.47 Å². The number of hydrogen-bond donors (Lipinski definition) is 1. The molecule has 1 saturated heterocycles. The van der Waals surface area contributed by atoms with Crippen LogP contribution in [0.5, 0.6) is 0 Å². The number of nitrogens with two attached hydrogens (primary N) is 1. The number of ether oxygens (including phenoxy) is 2. The molecule has 1 aliphatic rings. The summed E-state index contributed by atoms with van der Waals surface area (Å²) in [7, 11) is 0. The Labute approximate surface area is 91.3 Å². The Morgan fingerprint density at radius 2 is 2.47 bits per heavy atom. The van der Waals surface area contributed by atoms with Crippen molar-refractivity contribution in [2.24, 2.45) is 11.7 Å². The molecule has 0 aliphatic carbocycles. The normalized spacial score (nSPS) is 26.9. The second-order valence-electron chi connectivity index (χ2n) is 4.61. The maximum Gasteiger partial charge on any atom is 0.103 e. The zero-order chi connectivity index (χ0) is 11.3. The topological polar surface area (TPSA) is 68.3 Å². The van der Waals surface area contributed by atoms with Crippen molar-refractivity contribution in [3.05, 3.63) is 0 Å². The zero-order valence-corrected chi connectivity index (χ0v) is 9.53. The van der Waals surface area contributed by atoms with E-state index in [0.29, 0.717) is 18.9 Å². The molecule has 15 heavy (non-hydrogen) atoms. The van der Waals surface area contributed by atoms with Gasteiger partial charge < -0.3 is 15.2 Å². The van der Waals surface area contributed by atoms with Crippen LogP contribution in [0.4, 0.5) is 0 Å². The molecule has 86 valence electrons. The lowest BCUT2D eigenvalue weighted by molar-refractivity contribution is 0.0254. The van der Waals surface area contributed by atoms with Gasteiger partial charge in [0.15, 0.2) is 0 Å². The molecule has 1 aliphatic heterocycles. The second kappa shape index (κ2) is 5.45. The molecular weight excluding hydrogens is 192 g/mol. The predicted molar refractivity (Wildman–Crippen MR) is 57.2 cm³/mol. The molecule has 0 radical (unpaired) electrons. The van der Waals surface area contributed by atoms with Gasteiger partial charge in [0.1, 0.15) is 5.54 Å². The third kappa shape index (κ3) is 4.61. The fourth-order valence-corrected chi connectivity index (χ4v) is 1.72. The molecule has 3 atom stereocenters. The summed E-state index contributed by atoms with van der Waals surface area (Å²) in [6, 6.07) is 2.07. The van der Waals surface area contributed by atoms with Gasteiger partial charge in [-0.3, -0.25) is 0 Å². The van der Waals surface area contributed by atoms with Gasteiger partial charge in [-0.1, -0.05) is 0 Å². The van der Waals surface area contributed by atoms with Crippen molar-refractivity contribution in [2.45, 2.75) is 38.3 Å². The van der Waals surface area contributed by atoms with Gasteiger partial charge in [0.05, 0.1) is 25.4 Å². The van der Waals surface area contributed by atoms with Crippen LogP contribution in [0.3, 0.4) is 0 Å². The molecule has 3 unspecified atom stereocenters. The molecular formula is C11H20N2O2. The molecule has 0 bridgehead atoms. The highest BCUT2D eigenvalue weighted by Crippen LogP contribution is 2.16. The summed E-state index contributed by atoms with van der Waals surface area (Å²) in [4.78, 5) is 0. The number of nitriles is 1. The lowest BCUT2D eigenvalue weighted by Gasteiger charge is -2.22. The molecule has 1 fully saturated rings. The van der Waals surface area contributed by atoms with Gasteiger partial charge in [0, 0.05) is 18.9 Å². The smallest absolute Gasteiger partial charge is 0.103 e. The van der Waals surface area contributed by atoms with E-state index in [9.17, 15) is 0 Å². The van der Waals surface area contributed by atoms with Crippen molar-refractivity contribution >= 4 is 0 Å². The van der Waals surface area contributed by atoms with E-state index in [-0.39, 0.29) is 6.10 Å².